The van der Waals surface area contributed by atoms with Gasteiger partial charge in [-0.05, 0) is 57.8 Å². The number of hydrogen-bond donors (Lipinski definition) is 1. The standard InChI is InChI=1S/C26H35NO4/c1-6-9-23(2,28)18-15-24-10-11-26(18,30-5)22-25(24)12-13-27(3)19(24)14-16-7-8-17(29-4)21(31-22)20(16)25/h7-8,10-11,18-19,22,28H,6,9,12-15H2,1-5H3/t18-,19-,22-,23-,24?,25+,26+/m1/s1. The van der Waals surface area contributed by atoms with Crippen molar-refractivity contribution >= 4 is 0 Å². The number of ether oxygens (including phenoxy) is 3. The highest BCUT2D eigenvalue weighted by atomic mass is 16.6. The third kappa shape index (κ3) is 2.01. The summed E-state index contributed by atoms with van der Waals surface area (Å²) in [4.78, 5) is 2.55. The van der Waals surface area contributed by atoms with E-state index >= 15 is 0 Å². The first-order chi connectivity index (χ1) is 14.8. The van der Waals surface area contributed by atoms with Crippen LogP contribution in [0.15, 0.2) is 24.3 Å². The lowest BCUT2D eigenvalue weighted by Crippen LogP contribution is -2.80. The highest BCUT2D eigenvalue weighted by Gasteiger charge is 2.80. The van der Waals surface area contributed by atoms with E-state index in [1.165, 1.54) is 11.1 Å². The number of nitrogens with zero attached hydrogens (tertiary/aromatic N) is 1. The van der Waals surface area contributed by atoms with Crippen LogP contribution in [0.5, 0.6) is 11.5 Å². The van der Waals surface area contributed by atoms with Crippen molar-refractivity contribution in [3.05, 3.63) is 35.4 Å². The van der Waals surface area contributed by atoms with Gasteiger partial charge in [-0.15, -0.1) is 0 Å². The predicted octanol–water partition coefficient (Wildman–Crippen LogP) is 3.47. The number of aliphatic hydroxyl groups is 1. The Morgan fingerprint density at radius 3 is 2.81 bits per heavy atom. The Bertz CT molecular complexity index is 972. The summed E-state index contributed by atoms with van der Waals surface area (Å²) in [6.45, 7) is 5.20. The van der Waals surface area contributed by atoms with Gasteiger partial charge in [0.25, 0.3) is 0 Å². The van der Waals surface area contributed by atoms with E-state index in [0.717, 1.165) is 50.1 Å². The number of benzene rings is 1. The highest BCUT2D eigenvalue weighted by Crippen LogP contribution is 2.75. The molecule has 168 valence electrons. The maximum Gasteiger partial charge on any atom is 0.166 e. The minimum absolute atomic E-state index is 0.0241. The summed E-state index contributed by atoms with van der Waals surface area (Å²) < 4.78 is 19.1. The largest absolute Gasteiger partial charge is 0.493 e. The van der Waals surface area contributed by atoms with Crippen molar-refractivity contribution in [3.8, 4) is 11.5 Å². The molecule has 7 atom stereocenters. The number of piperidine rings is 1. The molecule has 1 saturated heterocycles. The molecular formula is C26H35NO4. The van der Waals surface area contributed by atoms with Gasteiger partial charge in [-0.2, -0.15) is 0 Å². The average molecular weight is 426 g/mol. The van der Waals surface area contributed by atoms with Gasteiger partial charge in [0.15, 0.2) is 11.5 Å². The molecule has 5 heteroatoms. The van der Waals surface area contributed by atoms with Crippen LogP contribution in [0, 0.1) is 11.3 Å². The Morgan fingerprint density at radius 2 is 2.10 bits per heavy atom. The summed E-state index contributed by atoms with van der Waals surface area (Å²) in [6, 6.07) is 4.71. The normalized spacial score (nSPS) is 43.4. The van der Waals surface area contributed by atoms with Gasteiger partial charge in [0.05, 0.1) is 18.1 Å². The van der Waals surface area contributed by atoms with Gasteiger partial charge in [-0.3, -0.25) is 0 Å². The molecular weight excluding hydrogens is 390 g/mol. The van der Waals surface area contributed by atoms with Crippen LogP contribution in [0.25, 0.3) is 0 Å². The summed E-state index contributed by atoms with van der Waals surface area (Å²) in [5.41, 5.74) is 1.08. The third-order valence-electron chi connectivity index (χ3n) is 9.78. The highest BCUT2D eigenvalue weighted by molar-refractivity contribution is 5.65. The minimum Gasteiger partial charge on any atom is -0.493 e. The number of likely N-dealkylation sites (tertiary alicyclic amines) is 1. The Morgan fingerprint density at radius 1 is 1.29 bits per heavy atom. The monoisotopic (exact) mass is 425 g/mol. The molecule has 2 fully saturated rings. The summed E-state index contributed by atoms with van der Waals surface area (Å²) in [6.07, 6.45) is 9.25. The van der Waals surface area contributed by atoms with Gasteiger partial charge in [0, 0.05) is 30.0 Å². The molecule has 0 aromatic heterocycles. The molecule has 1 unspecified atom stereocenters. The molecule has 1 aromatic carbocycles. The number of rotatable bonds is 5. The van der Waals surface area contributed by atoms with Gasteiger partial charge >= 0.3 is 0 Å². The first-order valence-electron chi connectivity index (χ1n) is 11.9. The van der Waals surface area contributed by atoms with Crippen LogP contribution in [0.2, 0.25) is 0 Å². The topological polar surface area (TPSA) is 51.2 Å². The van der Waals surface area contributed by atoms with E-state index in [9.17, 15) is 5.11 Å². The van der Waals surface area contributed by atoms with Gasteiger partial charge in [0.1, 0.15) is 11.7 Å². The van der Waals surface area contributed by atoms with Gasteiger partial charge < -0.3 is 24.2 Å². The SMILES string of the molecule is CCC[C@@](C)(O)[C@H]1CC23C=C[C@@]1(OC)[C@@H]1Oc4c(OC)ccc5c4[C@@]12CCN(C)[C@@H]3C5. The van der Waals surface area contributed by atoms with E-state index in [2.05, 4.69) is 43.2 Å². The van der Waals surface area contributed by atoms with Crippen LogP contribution in [-0.2, 0) is 16.6 Å². The first kappa shape index (κ1) is 20.1. The van der Waals surface area contributed by atoms with E-state index in [0.29, 0.717) is 6.04 Å². The number of likely N-dealkylation sites (N-methyl/N-ethyl adjacent to an activating group) is 1. The van der Waals surface area contributed by atoms with E-state index in [4.69, 9.17) is 14.2 Å². The number of fused-ring (bicyclic) bond motifs is 1. The van der Waals surface area contributed by atoms with Gasteiger partial charge in [0.2, 0.25) is 0 Å². The Labute approximate surface area is 185 Å². The van der Waals surface area contributed by atoms with Crippen molar-refractivity contribution in [3.63, 3.8) is 0 Å². The smallest absolute Gasteiger partial charge is 0.166 e. The van der Waals surface area contributed by atoms with Crippen molar-refractivity contribution in [2.45, 2.75) is 74.7 Å². The molecule has 1 N–H and O–H groups in total. The van der Waals surface area contributed by atoms with Gasteiger partial charge in [-0.25, -0.2) is 0 Å². The average Bonchev–Trinajstić information content (AvgIpc) is 3.13. The van der Waals surface area contributed by atoms with Crippen LogP contribution in [-0.4, -0.2) is 61.2 Å². The lowest BCUT2D eigenvalue weighted by molar-refractivity contribution is -0.247. The van der Waals surface area contributed by atoms with Crippen LogP contribution in [0.3, 0.4) is 0 Å². The molecule has 2 heterocycles. The van der Waals surface area contributed by atoms with Crippen LogP contribution in [0.4, 0.5) is 0 Å². The Balaban J connectivity index is 1.66. The van der Waals surface area contributed by atoms with E-state index in [1.807, 2.05) is 6.92 Å². The molecule has 2 aliphatic heterocycles. The fraction of sp³-hybridized carbons (Fsp3) is 0.692. The van der Waals surface area contributed by atoms with Gasteiger partial charge in [-0.1, -0.05) is 31.6 Å². The second-order valence-corrected chi connectivity index (χ2v) is 10.8. The summed E-state index contributed by atoms with van der Waals surface area (Å²) in [5.74, 6) is 1.71. The molecule has 1 saturated carbocycles. The minimum atomic E-state index is -0.820. The summed E-state index contributed by atoms with van der Waals surface area (Å²) in [5, 5.41) is 11.7. The lowest BCUT2D eigenvalue weighted by Gasteiger charge is -2.72. The quantitative estimate of drug-likeness (QED) is 0.732. The molecule has 0 radical (unpaired) electrons. The second kappa shape index (κ2) is 6.06. The molecule has 5 nitrogen and oxygen atoms in total. The lowest BCUT2D eigenvalue weighted by atomic mass is 9.36. The van der Waals surface area contributed by atoms with E-state index in [1.54, 1.807) is 14.2 Å². The maximum absolute atomic E-state index is 11.7. The maximum atomic E-state index is 11.7. The number of hydrogen-bond acceptors (Lipinski definition) is 5. The third-order valence-corrected chi connectivity index (χ3v) is 9.78. The summed E-state index contributed by atoms with van der Waals surface area (Å²) >= 11 is 0. The number of methoxy groups -OCH3 is 2. The molecule has 4 aliphatic carbocycles. The fourth-order valence-corrected chi connectivity index (χ4v) is 8.59. The van der Waals surface area contributed by atoms with Crippen LogP contribution in [0.1, 0.15) is 50.7 Å². The van der Waals surface area contributed by atoms with Crippen molar-refractivity contribution < 1.29 is 19.3 Å². The predicted molar refractivity (Wildman–Crippen MR) is 119 cm³/mol. The molecule has 4 bridgehead atoms. The second-order valence-electron chi connectivity index (χ2n) is 10.8. The van der Waals surface area contributed by atoms with Crippen LogP contribution < -0.4 is 9.47 Å². The molecule has 7 rings (SSSR count). The zero-order chi connectivity index (χ0) is 21.8. The van der Waals surface area contributed by atoms with Crippen molar-refractivity contribution in [2.24, 2.45) is 11.3 Å². The van der Waals surface area contributed by atoms with Crippen LogP contribution >= 0.6 is 0 Å². The first-order valence-corrected chi connectivity index (χ1v) is 11.9. The van der Waals surface area contributed by atoms with Crippen molar-refractivity contribution in [1.29, 1.82) is 0 Å². The van der Waals surface area contributed by atoms with Crippen molar-refractivity contribution in [1.82, 2.24) is 4.90 Å². The molecule has 31 heavy (non-hydrogen) atoms. The van der Waals surface area contributed by atoms with E-state index < -0.39 is 11.2 Å². The molecule has 1 aromatic rings. The van der Waals surface area contributed by atoms with Crippen molar-refractivity contribution in [2.75, 3.05) is 27.8 Å². The van der Waals surface area contributed by atoms with E-state index in [-0.39, 0.29) is 22.9 Å². The molecule has 0 amide bonds. The molecule has 6 aliphatic rings. The Kier molecular flexibility index (Phi) is 3.93. The fourth-order valence-electron chi connectivity index (χ4n) is 8.59. The zero-order valence-corrected chi connectivity index (χ0v) is 19.4. The Hall–Kier alpha value is -1.56. The summed E-state index contributed by atoms with van der Waals surface area (Å²) in [7, 11) is 5.80. The molecule has 2 spiro atoms. The zero-order valence-electron chi connectivity index (χ0n) is 19.4.